The maximum Gasteiger partial charge on any atom is 0.138 e. The van der Waals surface area contributed by atoms with Gasteiger partial charge < -0.3 is 4.74 Å². The summed E-state index contributed by atoms with van der Waals surface area (Å²) in [5.41, 5.74) is 5.86. The van der Waals surface area contributed by atoms with E-state index >= 15 is 0 Å². The van der Waals surface area contributed by atoms with Gasteiger partial charge in [0.25, 0.3) is 0 Å². The summed E-state index contributed by atoms with van der Waals surface area (Å²) < 4.78 is 7.04. The van der Waals surface area contributed by atoms with E-state index < -0.39 is 5.60 Å². The summed E-state index contributed by atoms with van der Waals surface area (Å²) in [4.78, 5) is 0. The van der Waals surface area contributed by atoms with Crippen LogP contribution in [0, 0.1) is 25.7 Å². The zero-order valence-electron chi connectivity index (χ0n) is 16.5. The Balaban J connectivity index is 1.67. The summed E-state index contributed by atoms with van der Waals surface area (Å²) >= 11 is 0. The fourth-order valence-corrected chi connectivity index (χ4v) is 5.08. The van der Waals surface area contributed by atoms with Crippen LogP contribution in [0.1, 0.15) is 28.7 Å². The van der Waals surface area contributed by atoms with Crippen molar-refractivity contribution in [3.63, 3.8) is 0 Å². The monoisotopic (exact) mass is 366 g/mol. The van der Waals surface area contributed by atoms with Crippen LogP contribution in [0.5, 0.6) is 0 Å². The molecule has 0 bridgehead atoms. The molecule has 140 valence electrons. The zero-order chi connectivity index (χ0) is 19.1. The summed E-state index contributed by atoms with van der Waals surface area (Å²) in [6, 6.07) is 17.2. The second-order valence-electron chi connectivity index (χ2n) is 8.18. The Morgan fingerprint density at radius 2 is 1.57 bits per heavy atom. The lowest BCUT2D eigenvalue weighted by Gasteiger charge is -2.46. The third-order valence-corrected chi connectivity index (χ3v) is 6.53. The second-order valence-corrected chi connectivity index (χ2v) is 8.18. The van der Waals surface area contributed by atoms with Crippen LogP contribution < -0.4 is 0 Å². The molecule has 0 radical (unpaired) electrons. The molecule has 0 aromatic heterocycles. The summed E-state index contributed by atoms with van der Waals surface area (Å²) in [6.45, 7) is 4.37. The number of ether oxygens (including phenoxy) is 1. The third-order valence-electron chi connectivity index (χ3n) is 6.53. The highest BCUT2D eigenvalue weighted by Gasteiger charge is 2.44. The van der Waals surface area contributed by atoms with Crippen molar-refractivity contribution in [1.82, 2.24) is 0 Å². The number of allylic oxidation sites excluding steroid dienone is 5. The number of hydrogen-bond acceptors (Lipinski definition) is 1. The van der Waals surface area contributed by atoms with Gasteiger partial charge in [0.1, 0.15) is 5.60 Å². The Hall–Kier alpha value is -2.64. The van der Waals surface area contributed by atoms with Gasteiger partial charge in [0.15, 0.2) is 0 Å². The fourth-order valence-electron chi connectivity index (χ4n) is 5.08. The lowest BCUT2D eigenvalue weighted by Crippen LogP contribution is -2.44. The molecule has 3 atom stereocenters. The maximum absolute atomic E-state index is 7.04. The summed E-state index contributed by atoms with van der Waals surface area (Å²) in [5, 5.41) is 0. The van der Waals surface area contributed by atoms with Crippen molar-refractivity contribution < 1.29 is 4.74 Å². The van der Waals surface area contributed by atoms with Gasteiger partial charge in [-0.3, -0.25) is 0 Å². The Morgan fingerprint density at radius 3 is 2.25 bits per heavy atom. The topological polar surface area (TPSA) is 9.23 Å². The van der Waals surface area contributed by atoms with E-state index in [2.05, 4.69) is 105 Å². The average Bonchev–Trinajstić information content (AvgIpc) is 2.74. The molecular formula is C27H26O. The van der Waals surface area contributed by atoms with Crippen molar-refractivity contribution in [3.05, 3.63) is 119 Å². The molecule has 1 aliphatic heterocycles. The Bertz CT molecular complexity index is 975. The first kappa shape index (κ1) is 17.5. The van der Waals surface area contributed by atoms with Crippen LogP contribution in [0.4, 0.5) is 0 Å². The Kier molecular flexibility index (Phi) is 4.21. The highest BCUT2D eigenvalue weighted by Crippen LogP contribution is 2.48. The first-order chi connectivity index (χ1) is 13.7. The number of benzene rings is 2. The SMILES string of the molecule is Cc1ccccc1C1(c2ccccc2C)C=CC2C(C=CC3=CC=CCC32)O1. The van der Waals surface area contributed by atoms with Crippen LogP contribution in [0.15, 0.2) is 96.6 Å². The van der Waals surface area contributed by atoms with E-state index in [9.17, 15) is 0 Å². The Labute approximate surface area is 167 Å². The molecule has 0 saturated carbocycles. The van der Waals surface area contributed by atoms with Crippen molar-refractivity contribution in [2.45, 2.75) is 32.0 Å². The predicted octanol–water partition coefficient (Wildman–Crippen LogP) is 6.19. The zero-order valence-corrected chi connectivity index (χ0v) is 16.5. The van der Waals surface area contributed by atoms with Gasteiger partial charge in [0, 0.05) is 5.92 Å². The Morgan fingerprint density at radius 1 is 0.893 bits per heavy atom. The molecule has 2 aliphatic carbocycles. The fraction of sp³-hybridized carbons (Fsp3) is 0.259. The number of hydrogen-bond donors (Lipinski definition) is 0. The minimum Gasteiger partial charge on any atom is -0.354 e. The van der Waals surface area contributed by atoms with Crippen LogP contribution in [0.2, 0.25) is 0 Å². The lowest BCUT2D eigenvalue weighted by atomic mass is 9.70. The van der Waals surface area contributed by atoms with Gasteiger partial charge in [0.05, 0.1) is 6.10 Å². The standard InChI is InChI=1S/C27H26O/c1-19-9-3-7-13-24(19)27(25-14-8-4-10-20(25)2)18-17-23-22-12-6-5-11-21(22)15-16-26(23)28-27/h3-11,13-18,22-23,26H,12H2,1-2H3. The van der Waals surface area contributed by atoms with Gasteiger partial charge in [-0.05, 0) is 60.1 Å². The normalized spacial score (nSPS) is 27.1. The molecule has 3 aliphatic rings. The number of rotatable bonds is 2. The van der Waals surface area contributed by atoms with E-state index in [0.717, 1.165) is 6.42 Å². The molecule has 2 aromatic rings. The molecule has 2 aromatic carbocycles. The summed E-state index contributed by atoms with van der Waals surface area (Å²) in [7, 11) is 0. The molecule has 0 fully saturated rings. The van der Waals surface area contributed by atoms with E-state index in [-0.39, 0.29) is 6.10 Å². The molecule has 0 spiro atoms. The minimum absolute atomic E-state index is 0.0814. The second kappa shape index (κ2) is 6.76. The average molecular weight is 367 g/mol. The van der Waals surface area contributed by atoms with E-state index in [0.29, 0.717) is 11.8 Å². The van der Waals surface area contributed by atoms with Crippen molar-refractivity contribution in [1.29, 1.82) is 0 Å². The molecule has 0 amide bonds. The first-order valence-electron chi connectivity index (χ1n) is 10.2. The van der Waals surface area contributed by atoms with Crippen molar-refractivity contribution in [2.24, 2.45) is 11.8 Å². The molecule has 1 heteroatoms. The van der Waals surface area contributed by atoms with Gasteiger partial charge in [-0.1, -0.05) is 85.0 Å². The van der Waals surface area contributed by atoms with Gasteiger partial charge in [0.2, 0.25) is 0 Å². The highest BCUT2D eigenvalue weighted by atomic mass is 16.5. The van der Waals surface area contributed by atoms with E-state index in [1.54, 1.807) is 0 Å². The maximum atomic E-state index is 7.04. The van der Waals surface area contributed by atoms with Crippen LogP contribution in [-0.4, -0.2) is 6.10 Å². The van der Waals surface area contributed by atoms with E-state index in [1.807, 2.05) is 0 Å². The molecule has 28 heavy (non-hydrogen) atoms. The van der Waals surface area contributed by atoms with Crippen LogP contribution in [0.25, 0.3) is 0 Å². The largest absolute Gasteiger partial charge is 0.354 e. The van der Waals surface area contributed by atoms with E-state index in [4.69, 9.17) is 4.74 Å². The summed E-state index contributed by atoms with van der Waals surface area (Å²) in [6.07, 6.45) is 17.2. The van der Waals surface area contributed by atoms with Crippen molar-refractivity contribution in [3.8, 4) is 0 Å². The highest BCUT2D eigenvalue weighted by molar-refractivity contribution is 5.50. The van der Waals surface area contributed by atoms with Crippen molar-refractivity contribution in [2.75, 3.05) is 0 Å². The smallest absolute Gasteiger partial charge is 0.138 e. The molecular weight excluding hydrogens is 340 g/mol. The van der Waals surface area contributed by atoms with Crippen molar-refractivity contribution >= 4 is 0 Å². The quantitative estimate of drug-likeness (QED) is 0.576. The van der Waals surface area contributed by atoms with Crippen LogP contribution in [0.3, 0.4) is 0 Å². The lowest BCUT2D eigenvalue weighted by molar-refractivity contribution is -0.0587. The molecule has 0 saturated heterocycles. The third kappa shape index (κ3) is 2.65. The predicted molar refractivity (Wildman–Crippen MR) is 115 cm³/mol. The first-order valence-corrected chi connectivity index (χ1v) is 10.2. The minimum atomic E-state index is -0.548. The molecule has 5 rings (SSSR count). The molecule has 3 unspecified atom stereocenters. The van der Waals surface area contributed by atoms with Gasteiger partial charge in [-0.25, -0.2) is 0 Å². The number of aryl methyl sites for hydroxylation is 2. The van der Waals surface area contributed by atoms with Gasteiger partial charge >= 0.3 is 0 Å². The summed E-state index contributed by atoms with van der Waals surface area (Å²) in [5.74, 6) is 0.908. The molecule has 1 nitrogen and oxygen atoms in total. The van der Waals surface area contributed by atoms with E-state index in [1.165, 1.54) is 27.8 Å². The van der Waals surface area contributed by atoms with Gasteiger partial charge in [-0.2, -0.15) is 0 Å². The van der Waals surface area contributed by atoms with Crippen LogP contribution >= 0.6 is 0 Å². The molecule has 1 heterocycles. The number of fused-ring (bicyclic) bond motifs is 3. The van der Waals surface area contributed by atoms with Crippen LogP contribution in [-0.2, 0) is 10.3 Å². The molecule has 0 N–H and O–H groups in total. The van der Waals surface area contributed by atoms with Gasteiger partial charge in [-0.15, -0.1) is 0 Å².